The van der Waals surface area contributed by atoms with Gasteiger partial charge in [-0.05, 0) is 12.1 Å². The van der Waals surface area contributed by atoms with Crippen LogP contribution in [0.15, 0.2) is 52.9 Å². The predicted molar refractivity (Wildman–Crippen MR) is 115 cm³/mol. The Morgan fingerprint density at radius 2 is 1.93 bits per heavy atom. The lowest BCUT2D eigenvalue weighted by atomic mass is 9.97. The maximum atomic E-state index is 13.5. The fourth-order valence-corrected chi connectivity index (χ4v) is 5.39. The van der Waals surface area contributed by atoms with E-state index in [1.54, 1.807) is 11.9 Å². The number of carbonyl (C=O) groups excluding carboxylic acids is 2. The van der Waals surface area contributed by atoms with Gasteiger partial charge in [0, 0.05) is 18.2 Å². The summed E-state index contributed by atoms with van der Waals surface area (Å²) in [6, 6.07) is 14.9. The number of hydrogen-bond acceptors (Lipinski definition) is 8. The second kappa shape index (κ2) is 7.08. The molecule has 0 radical (unpaired) electrons. The third-order valence-electron chi connectivity index (χ3n) is 5.20. The summed E-state index contributed by atoms with van der Waals surface area (Å²) in [7, 11) is 1.70. The SMILES string of the molecule is CN1C(=O)C2(OCc3ccccc3N2C(=O)CSc2nnc(N)s2)c2ccccc21. The third-order valence-corrected chi connectivity index (χ3v) is 7.07. The van der Waals surface area contributed by atoms with Crippen molar-refractivity contribution in [2.75, 3.05) is 28.3 Å². The Hall–Kier alpha value is -2.95. The van der Waals surface area contributed by atoms with Crippen LogP contribution in [0, 0.1) is 0 Å². The molecule has 8 nitrogen and oxygen atoms in total. The average molecular weight is 440 g/mol. The van der Waals surface area contributed by atoms with Crippen molar-refractivity contribution in [1.29, 1.82) is 0 Å². The van der Waals surface area contributed by atoms with Crippen LogP contribution >= 0.6 is 23.1 Å². The molecule has 3 aromatic rings. The zero-order valence-electron chi connectivity index (χ0n) is 15.9. The molecule has 1 spiro atoms. The Bertz CT molecular complexity index is 1170. The zero-order chi connectivity index (χ0) is 20.9. The number of likely N-dealkylation sites (N-methyl/N-ethyl adjacent to an activating group) is 1. The van der Waals surface area contributed by atoms with Crippen molar-refractivity contribution in [3.63, 3.8) is 0 Å². The molecule has 3 heterocycles. The molecule has 2 aliphatic heterocycles. The van der Waals surface area contributed by atoms with Gasteiger partial charge in [0.1, 0.15) is 0 Å². The van der Waals surface area contributed by atoms with Crippen molar-refractivity contribution in [2.24, 2.45) is 0 Å². The predicted octanol–water partition coefficient (Wildman–Crippen LogP) is 2.61. The van der Waals surface area contributed by atoms with E-state index in [0.29, 0.717) is 20.7 Å². The normalized spacial score (nSPS) is 19.8. The van der Waals surface area contributed by atoms with E-state index in [4.69, 9.17) is 10.5 Å². The van der Waals surface area contributed by atoms with Crippen molar-refractivity contribution >= 4 is 51.4 Å². The van der Waals surface area contributed by atoms with Crippen molar-refractivity contribution in [3.8, 4) is 0 Å². The number of ether oxygens (including phenoxy) is 1. The number of thioether (sulfide) groups is 1. The van der Waals surface area contributed by atoms with Gasteiger partial charge < -0.3 is 15.4 Å². The van der Waals surface area contributed by atoms with Crippen molar-refractivity contribution in [2.45, 2.75) is 16.7 Å². The first-order valence-electron chi connectivity index (χ1n) is 9.17. The monoisotopic (exact) mass is 439 g/mol. The van der Waals surface area contributed by atoms with E-state index in [1.807, 2.05) is 48.5 Å². The molecule has 0 aliphatic carbocycles. The number of anilines is 3. The summed E-state index contributed by atoms with van der Waals surface area (Å²) in [4.78, 5) is 30.1. The molecule has 0 saturated carbocycles. The molecule has 0 saturated heterocycles. The Labute approximate surface area is 180 Å². The summed E-state index contributed by atoms with van der Waals surface area (Å²) in [5.41, 5.74) is 7.01. The second-order valence-electron chi connectivity index (χ2n) is 6.87. The molecule has 0 bridgehead atoms. The topological polar surface area (TPSA) is 102 Å². The number of fused-ring (bicyclic) bond motifs is 3. The number of aromatic nitrogens is 2. The lowest BCUT2D eigenvalue weighted by molar-refractivity contribution is -0.152. The Balaban J connectivity index is 1.60. The molecule has 10 heteroatoms. The van der Waals surface area contributed by atoms with Crippen LogP contribution < -0.4 is 15.5 Å². The molecule has 2 aromatic carbocycles. The molecule has 30 heavy (non-hydrogen) atoms. The summed E-state index contributed by atoms with van der Waals surface area (Å²) >= 11 is 2.45. The van der Waals surface area contributed by atoms with E-state index in [-0.39, 0.29) is 24.2 Å². The number of carbonyl (C=O) groups is 2. The molecule has 2 N–H and O–H groups in total. The van der Waals surface area contributed by atoms with Gasteiger partial charge in [0.15, 0.2) is 4.34 Å². The highest BCUT2D eigenvalue weighted by molar-refractivity contribution is 8.01. The lowest BCUT2D eigenvalue weighted by Gasteiger charge is -2.43. The van der Waals surface area contributed by atoms with Gasteiger partial charge in [0.05, 0.1) is 23.7 Å². The van der Waals surface area contributed by atoms with Gasteiger partial charge in [-0.15, -0.1) is 10.2 Å². The minimum atomic E-state index is -1.53. The number of hydrogen-bond donors (Lipinski definition) is 1. The van der Waals surface area contributed by atoms with Gasteiger partial charge in [-0.25, -0.2) is 0 Å². The maximum Gasteiger partial charge on any atom is 0.285 e. The Morgan fingerprint density at radius 3 is 2.70 bits per heavy atom. The second-order valence-corrected chi connectivity index (χ2v) is 9.10. The van der Waals surface area contributed by atoms with Crippen LogP contribution in [0.2, 0.25) is 0 Å². The highest BCUT2D eigenvalue weighted by Crippen LogP contribution is 2.50. The molecule has 152 valence electrons. The average Bonchev–Trinajstić information content (AvgIpc) is 3.28. The van der Waals surface area contributed by atoms with Crippen LogP contribution in [0.1, 0.15) is 11.1 Å². The minimum absolute atomic E-state index is 0.0627. The first-order valence-corrected chi connectivity index (χ1v) is 11.0. The number of rotatable bonds is 3. The largest absolute Gasteiger partial charge is 0.374 e. The molecular formula is C20H17N5O3S2. The van der Waals surface area contributed by atoms with Crippen molar-refractivity contribution in [3.05, 3.63) is 59.7 Å². The summed E-state index contributed by atoms with van der Waals surface area (Å²) in [5.74, 6) is -0.496. The summed E-state index contributed by atoms with van der Waals surface area (Å²) in [5, 5.41) is 8.08. The summed E-state index contributed by atoms with van der Waals surface area (Å²) < 4.78 is 6.81. The molecule has 5 rings (SSSR count). The van der Waals surface area contributed by atoms with E-state index in [9.17, 15) is 9.59 Å². The third kappa shape index (κ3) is 2.72. The van der Waals surface area contributed by atoms with E-state index in [2.05, 4.69) is 10.2 Å². The summed E-state index contributed by atoms with van der Waals surface area (Å²) in [6.07, 6.45) is 0. The fraction of sp³-hybridized carbons (Fsp3) is 0.200. The standard InChI is InChI=1S/C20H17N5O3S2/c1-24-15-9-5-3-7-13(15)20(17(24)27)25(14-8-4-2-6-12(14)10-28-20)16(26)11-29-19-23-22-18(21)30-19/h2-9H,10-11H2,1H3,(H2,21,22). The number of para-hydroxylation sites is 2. The number of nitrogen functional groups attached to an aromatic ring is 1. The van der Waals surface area contributed by atoms with Gasteiger partial charge in [-0.2, -0.15) is 0 Å². The number of benzene rings is 2. The molecular weight excluding hydrogens is 422 g/mol. The van der Waals surface area contributed by atoms with E-state index in [0.717, 1.165) is 11.3 Å². The Kier molecular flexibility index (Phi) is 4.49. The van der Waals surface area contributed by atoms with Crippen LogP contribution in [0.4, 0.5) is 16.5 Å². The molecule has 1 unspecified atom stereocenters. The maximum absolute atomic E-state index is 13.5. The summed E-state index contributed by atoms with van der Waals surface area (Å²) in [6.45, 7) is 0.230. The quantitative estimate of drug-likeness (QED) is 0.626. The van der Waals surface area contributed by atoms with Crippen LogP contribution in [-0.2, 0) is 26.7 Å². The van der Waals surface area contributed by atoms with E-state index >= 15 is 0 Å². The molecule has 2 aliphatic rings. The van der Waals surface area contributed by atoms with Gasteiger partial charge in [0.25, 0.3) is 11.6 Å². The zero-order valence-corrected chi connectivity index (χ0v) is 17.6. The molecule has 0 fully saturated rings. The first kappa shape index (κ1) is 19.0. The molecule has 2 amide bonds. The van der Waals surface area contributed by atoms with Gasteiger partial charge in [-0.3, -0.25) is 14.5 Å². The Morgan fingerprint density at radius 1 is 1.20 bits per heavy atom. The number of nitrogens with zero attached hydrogens (tertiary/aromatic N) is 4. The number of nitrogens with two attached hydrogens (primary N) is 1. The van der Waals surface area contributed by atoms with Gasteiger partial charge in [0.2, 0.25) is 11.0 Å². The van der Waals surface area contributed by atoms with E-state index < -0.39 is 5.72 Å². The van der Waals surface area contributed by atoms with Crippen molar-refractivity contribution < 1.29 is 14.3 Å². The fourth-order valence-electron chi connectivity index (χ4n) is 3.90. The highest BCUT2D eigenvalue weighted by Gasteiger charge is 2.59. The van der Waals surface area contributed by atoms with Crippen LogP contribution in [0.3, 0.4) is 0 Å². The lowest BCUT2D eigenvalue weighted by Crippen LogP contribution is -2.59. The van der Waals surface area contributed by atoms with Gasteiger partial charge >= 0.3 is 0 Å². The van der Waals surface area contributed by atoms with E-state index in [1.165, 1.54) is 28.0 Å². The van der Waals surface area contributed by atoms with Crippen molar-refractivity contribution in [1.82, 2.24) is 10.2 Å². The minimum Gasteiger partial charge on any atom is -0.374 e. The highest BCUT2D eigenvalue weighted by atomic mass is 32.2. The molecule has 1 atom stereocenters. The number of amides is 2. The first-order chi connectivity index (χ1) is 14.5. The van der Waals surface area contributed by atoms with Gasteiger partial charge in [-0.1, -0.05) is 59.5 Å². The van der Waals surface area contributed by atoms with Crippen LogP contribution in [0.25, 0.3) is 0 Å². The van der Waals surface area contributed by atoms with Crippen LogP contribution in [-0.4, -0.2) is 34.8 Å². The molecule has 1 aromatic heterocycles. The van der Waals surface area contributed by atoms with Crippen LogP contribution in [0.5, 0.6) is 0 Å². The smallest absolute Gasteiger partial charge is 0.285 e.